The van der Waals surface area contributed by atoms with Crippen molar-refractivity contribution in [1.82, 2.24) is 14.5 Å². The van der Waals surface area contributed by atoms with Crippen LogP contribution in [0.1, 0.15) is 96.8 Å². The van der Waals surface area contributed by atoms with Gasteiger partial charge in [-0.1, -0.05) is 90.4 Å². The van der Waals surface area contributed by atoms with Crippen LogP contribution in [0.25, 0.3) is 11.0 Å². The Labute approximate surface area is 154 Å². The molecule has 2 heterocycles. The summed E-state index contributed by atoms with van der Waals surface area (Å²) in [6.45, 7) is 3.37. The molecule has 0 aliphatic heterocycles. The molecular formula is C22H37N3. The Morgan fingerprint density at radius 3 is 1.92 bits per heavy atom. The van der Waals surface area contributed by atoms with Crippen LogP contribution in [0.3, 0.4) is 0 Å². The zero-order valence-corrected chi connectivity index (χ0v) is 16.3. The summed E-state index contributed by atoms with van der Waals surface area (Å²) in [4.78, 5) is 8.53. The molecule has 3 heteroatoms. The highest BCUT2D eigenvalue weighted by Crippen LogP contribution is 2.14. The third-order valence-electron chi connectivity index (χ3n) is 5.18. The number of nitrogens with zero attached hydrogens (tertiary/aromatic N) is 3. The van der Waals surface area contributed by atoms with Gasteiger partial charge >= 0.3 is 0 Å². The molecule has 0 unspecified atom stereocenters. The van der Waals surface area contributed by atoms with Crippen molar-refractivity contribution in [3.8, 4) is 0 Å². The van der Waals surface area contributed by atoms with Gasteiger partial charge in [0.2, 0.25) is 0 Å². The SMILES string of the molecule is CCCCCCCCCCCCCCCCn1cnc2cnccc21. The van der Waals surface area contributed by atoms with Crippen molar-refractivity contribution in [1.29, 1.82) is 0 Å². The Morgan fingerprint density at radius 2 is 1.32 bits per heavy atom. The van der Waals surface area contributed by atoms with Gasteiger partial charge in [-0.05, 0) is 12.5 Å². The minimum Gasteiger partial charge on any atom is -0.331 e. The smallest absolute Gasteiger partial charge is 0.107 e. The average molecular weight is 344 g/mol. The van der Waals surface area contributed by atoms with Crippen molar-refractivity contribution in [2.45, 2.75) is 103 Å². The first-order valence-electron chi connectivity index (χ1n) is 10.7. The Hall–Kier alpha value is -1.38. The van der Waals surface area contributed by atoms with E-state index >= 15 is 0 Å². The van der Waals surface area contributed by atoms with Gasteiger partial charge in [-0.3, -0.25) is 4.98 Å². The van der Waals surface area contributed by atoms with Crippen molar-refractivity contribution >= 4 is 11.0 Å². The first-order valence-corrected chi connectivity index (χ1v) is 10.7. The summed E-state index contributed by atoms with van der Waals surface area (Å²) >= 11 is 0. The molecule has 25 heavy (non-hydrogen) atoms. The molecule has 0 fully saturated rings. The maximum absolute atomic E-state index is 4.40. The highest BCUT2D eigenvalue weighted by atomic mass is 15.0. The van der Waals surface area contributed by atoms with Crippen molar-refractivity contribution in [3.05, 3.63) is 24.8 Å². The number of aromatic nitrogens is 3. The maximum atomic E-state index is 4.40. The van der Waals surface area contributed by atoms with E-state index < -0.39 is 0 Å². The quantitative estimate of drug-likeness (QED) is 0.329. The van der Waals surface area contributed by atoms with Crippen molar-refractivity contribution in [3.63, 3.8) is 0 Å². The fourth-order valence-corrected chi connectivity index (χ4v) is 3.57. The lowest BCUT2D eigenvalue weighted by Gasteiger charge is -2.05. The molecule has 0 amide bonds. The summed E-state index contributed by atoms with van der Waals surface area (Å²) < 4.78 is 2.26. The van der Waals surface area contributed by atoms with Crippen LogP contribution in [0.2, 0.25) is 0 Å². The molecule has 0 saturated carbocycles. The number of hydrogen-bond acceptors (Lipinski definition) is 2. The molecule has 0 saturated heterocycles. The Kier molecular flexibility index (Phi) is 10.3. The molecular weight excluding hydrogens is 306 g/mol. The van der Waals surface area contributed by atoms with Crippen LogP contribution in [0.5, 0.6) is 0 Å². The third kappa shape index (κ3) is 8.02. The molecule has 0 aliphatic rings. The van der Waals surface area contributed by atoms with E-state index in [4.69, 9.17) is 0 Å². The lowest BCUT2D eigenvalue weighted by molar-refractivity contribution is 0.526. The summed E-state index contributed by atoms with van der Waals surface area (Å²) in [6.07, 6.45) is 25.4. The number of imidazole rings is 1. The second-order valence-corrected chi connectivity index (χ2v) is 7.40. The number of rotatable bonds is 15. The zero-order chi connectivity index (χ0) is 17.6. The van der Waals surface area contributed by atoms with Crippen LogP contribution in [-0.2, 0) is 6.54 Å². The van der Waals surface area contributed by atoms with E-state index in [1.165, 1.54) is 95.4 Å². The first-order chi connectivity index (χ1) is 12.4. The first kappa shape index (κ1) is 19.9. The highest BCUT2D eigenvalue weighted by Gasteiger charge is 2.01. The number of hydrogen-bond donors (Lipinski definition) is 0. The van der Waals surface area contributed by atoms with E-state index in [1.54, 1.807) is 0 Å². The van der Waals surface area contributed by atoms with Crippen molar-refractivity contribution in [2.24, 2.45) is 0 Å². The number of aryl methyl sites for hydroxylation is 1. The summed E-state index contributed by atoms with van der Waals surface area (Å²) in [5.74, 6) is 0. The summed E-state index contributed by atoms with van der Waals surface area (Å²) in [5.41, 5.74) is 2.22. The molecule has 2 aromatic heterocycles. The zero-order valence-electron chi connectivity index (χ0n) is 16.3. The lowest BCUT2D eigenvalue weighted by Crippen LogP contribution is -1.96. The molecule has 140 valence electrons. The summed E-state index contributed by atoms with van der Waals surface area (Å²) in [5, 5.41) is 0. The monoisotopic (exact) mass is 343 g/mol. The highest BCUT2D eigenvalue weighted by molar-refractivity contribution is 5.73. The van der Waals surface area contributed by atoms with Crippen LogP contribution < -0.4 is 0 Å². The topological polar surface area (TPSA) is 30.7 Å². The number of fused-ring (bicyclic) bond motifs is 1. The van der Waals surface area contributed by atoms with E-state index in [0.717, 1.165) is 12.1 Å². The van der Waals surface area contributed by atoms with E-state index in [-0.39, 0.29) is 0 Å². The van der Waals surface area contributed by atoms with Crippen molar-refractivity contribution < 1.29 is 0 Å². The number of unbranched alkanes of at least 4 members (excludes halogenated alkanes) is 13. The molecule has 0 radical (unpaired) electrons. The maximum Gasteiger partial charge on any atom is 0.107 e. The van der Waals surface area contributed by atoms with Crippen molar-refractivity contribution in [2.75, 3.05) is 0 Å². The largest absolute Gasteiger partial charge is 0.331 e. The van der Waals surface area contributed by atoms with Gasteiger partial charge in [-0.15, -0.1) is 0 Å². The van der Waals surface area contributed by atoms with Gasteiger partial charge in [0.1, 0.15) is 5.52 Å². The van der Waals surface area contributed by atoms with Gasteiger partial charge < -0.3 is 4.57 Å². The normalized spacial score (nSPS) is 11.4. The van der Waals surface area contributed by atoms with E-state index in [1.807, 2.05) is 18.7 Å². The molecule has 0 atom stereocenters. The molecule has 2 rings (SSSR count). The van der Waals surface area contributed by atoms with Gasteiger partial charge in [-0.2, -0.15) is 0 Å². The Bertz CT molecular complexity index is 561. The third-order valence-corrected chi connectivity index (χ3v) is 5.18. The minimum atomic E-state index is 1.01. The molecule has 2 aromatic rings. The van der Waals surface area contributed by atoms with Crippen LogP contribution in [0.4, 0.5) is 0 Å². The van der Waals surface area contributed by atoms with Crippen LogP contribution in [-0.4, -0.2) is 14.5 Å². The summed E-state index contributed by atoms with van der Waals surface area (Å²) in [7, 11) is 0. The van der Waals surface area contributed by atoms with Crippen LogP contribution in [0, 0.1) is 0 Å². The molecule has 3 nitrogen and oxygen atoms in total. The van der Waals surface area contributed by atoms with E-state index in [9.17, 15) is 0 Å². The fraction of sp³-hybridized carbons (Fsp3) is 0.727. The predicted octanol–water partition coefficient (Wildman–Crippen LogP) is 6.91. The molecule has 0 aromatic carbocycles. The second-order valence-electron chi connectivity index (χ2n) is 7.40. The van der Waals surface area contributed by atoms with Gasteiger partial charge in [0.05, 0.1) is 18.0 Å². The standard InChI is InChI=1S/C22H37N3/c1-2-3-4-5-6-7-8-9-10-11-12-13-14-15-18-25-20-24-21-19-23-17-16-22(21)25/h16-17,19-20H,2-15,18H2,1H3. The van der Waals surface area contributed by atoms with Gasteiger partial charge in [0, 0.05) is 12.7 Å². The lowest BCUT2D eigenvalue weighted by atomic mass is 10.0. The van der Waals surface area contributed by atoms with Gasteiger partial charge in [-0.25, -0.2) is 4.98 Å². The van der Waals surface area contributed by atoms with Crippen LogP contribution >= 0.6 is 0 Å². The minimum absolute atomic E-state index is 1.01. The summed E-state index contributed by atoms with van der Waals surface area (Å²) in [6, 6.07) is 2.06. The Morgan fingerprint density at radius 1 is 0.760 bits per heavy atom. The van der Waals surface area contributed by atoms with E-state index in [2.05, 4.69) is 27.5 Å². The average Bonchev–Trinajstić information content (AvgIpc) is 3.05. The second kappa shape index (κ2) is 12.9. The molecule has 0 aliphatic carbocycles. The predicted molar refractivity (Wildman–Crippen MR) is 108 cm³/mol. The molecule has 0 spiro atoms. The van der Waals surface area contributed by atoms with Gasteiger partial charge in [0.25, 0.3) is 0 Å². The molecule has 0 N–H and O–H groups in total. The Balaban J connectivity index is 1.38. The van der Waals surface area contributed by atoms with Crippen LogP contribution in [0.15, 0.2) is 24.8 Å². The van der Waals surface area contributed by atoms with E-state index in [0.29, 0.717) is 0 Å². The number of pyridine rings is 1. The van der Waals surface area contributed by atoms with Gasteiger partial charge in [0.15, 0.2) is 0 Å². The fourth-order valence-electron chi connectivity index (χ4n) is 3.57. The molecule has 0 bridgehead atoms.